The highest BCUT2D eigenvalue weighted by Gasteiger charge is 2.48. The second kappa shape index (κ2) is 8.49. The molecule has 1 saturated heterocycles. The summed E-state index contributed by atoms with van der Waals surface area (Å²) in [6, 6.07) is 18.2. The zero-order valence-corrected chi connectivity index (χ0v) is 21.2. The fourth-order valence-electron chi connectivity index (χ4n) is 4.25. The molecule has 1 aliphatic heterocycles. The lowest BCUT2D eigenvalue weighted by molar-refractivity contribution is -0.132. The number of halogens is 1. The standard InChI is InChI=1S/C27H21BrN2O3S/c1-14-4-6-16(3)19(12-14)24(31)22-23(17-7-9-18(28)10-8-17)30(26(33)25(22)32)27-29-20-11-5-15(2)13-21(20)34-27/h4-13,23,31H,1-3H3/b24-22+. The Hall–Kier alpha value is -3.29. The lowest BCUT2D eigenvalue weighted by Crippen LogP contribution is -2.29. The predicted molar refractivity (Wildman–Crippen MR) is 139 cm³/mol. The largest absolute Gasteiger partial charge is 0.507 e. The van der Waals surface area contributed by atoms with Crippen molar-refractivity contribution in [3.8, 4) is 0 Å². The molecule has 1 aromatic heterocycles. The Morgan fingerprint density at radius 2 is 1.65 bits per heavy atom. The molecule has 170 valence electrons. The number of aliphatic hydroxyl groups is 1. The molecule has 1 aliphatic rings. The second-order valence-corrected chi connectivity index (χ2v) is 10.4. The normalized spacial score (nSPS) is 17.6. The molecule has 7 heteroatoms. The number of benzene rings is 3. The number of hydrogen-bond donors (Lipinski definition) is 1. The first-order valence-corrected chi connectivity index (χ1v) is 12.4. The van der Waals surface area contributed by atoms with Crippen molar-refractivity contribution in [2.24, 2.45) is 0 Å². The van der Waals surface area contributed by atoms with Crippen LogP contribution in [0.4, 0.5) is 5.13 Å². The highest BCUT2D eigenvalue weighted by atomic mass is 79.9. The Labute approximate surface area is 209 Å². The number of nitrogens with zero attached hydrogens (tertiary/aromatic N) is 2. The molecule has 34 heavy (non-hydrogen) atoms. The molecule has 0 radical (unpaired) electrons. The summed E-state index contributed by atoms with van der Waals surface area (Å²) in [5.41, 5.74) is 4.93. The topological polar surface area (TPSA) is 70.5 Å². The van der Waals surface area contributed by atoms with Gasteiger partial charge in [0.2, 0.25) is 0 Å². The Kier molecular flexibility index (Phi) is 5.62. The molecule has 5 nitrogen and oxygen atoms in total. The minimum Gasteiger partial charge on any atom is -0.507 e. The molecule has 1 unspecified atom stereocenters. The molecule has 0 bridgehead atoms. The molecule has 2 heterocycles. The van der Waals surface area contributed by atoms with Gasteiger partial charge in [-0.05, 0) is 67.8 Å². The van der Waals surface area contributed by atoms with E-state index in [1.807, 2.05) is 81.4 Å². The van der Waals surface area contributed by atoms with Crippen LogP contribution >= 0.6 is 27.3 Å². The van der Waals surface area contributed by atoms with Crippen LogP contribution < -0.4 is 4.90 Å². The fourth-order valence-corrected chi connectivity index (χ4v) is 5.60. The van der Waals surface area contributed by atoms with Gasteiger partial charge in [-0.25, -0.2) is 4.98 Å². The number of anilines is 1. The van der Waals surface area contributed by atoms with Gasteiger partial charge in [0, 0.05) is 10.0 Å². The van der Waals surface area contributed by atoms with Gasteiger partial charge in [-0.3, -0.25) is 14.5 Å². The molecular formula is C27H21BrN2O3S. The molecule has 0 aliphatic carbocycles. The molecule has 3 aromatic carbocycles. The molecule has 1 fully saturated rings. The fraction of sp³-hybridized carbons (Fsp3) is 0.148. The summed E-state index contributed by atoms with van der Waals surface area (Å²) in [5.74, 6) is -1.59. The van der Waals surface area contributed by atoms with Gasteiger partial charge in [-0.2, -0.15) is 0 Å². The first-order valence-electron chi connectivity index (χ1n) is 10.8. The van der Waals surface area contributed by atoms with Crippen LogP contribution in [-0.2, 0) is 9.59 Å². The lowest BCUT2D eigenvalue weighted by Gasteiger charge is -2.23. The Morgan fingerprint density at radius 1 is 0.971 bits per heavy atom. The SMILES string of the molecule is Cc1ccc(C)c(/C(O)=C2\C(=O)C(=O)N(c3nc4ccc(C)cc4s3)C2c2ccc(Br)cc2)c1. The van der Waals surface area contributed by atoms with E-state index in [-0.39, 0.29) is 11.3 Å². The maximum Gasteiger partial charge on any atom is 0.301 e. The van der Waals surface area contributed by atoms with E-state index in [4.69, 9.17) is 0 Å². The van der Waals surface area contributed by atoms with Crippen molar-refractivity contribution in [3.05, 3.63) is 98.5 Å². The zero-order valence-electron chi connectivity index (χ0n) is 18.8. The summed E-state index contributed by atoms with van der Waals surface area (Å²) in [6.45, 7) is 5.79. The monoisotopic (exact) mass is 532 g/mol. The molecule has 1 N–H and O–H groups in total. The Bertz CT molecular complexity index is 1500. The van der Waals surface area contributed by atoms with E-state index in [1.165, 1.54) is 16.2 Å². The number of rotatable bonds is 3. The Morgan fingerprint density at radius 3 is 2.38 bits per heavy atom. The van der Waals surface area contributed by atoms with Gasteiger partial charge in [0.25, 0.3) is 5.78 Å². The van der Waals surface area contributed by atoms with Crippen LogP contribution in [0.1, 0.15) is 33.9 Å². The molecule has 1 amide bonds. The number of aromatic nitrogens is 1. The summed E-state index contributed by atoms with van der Waals surface area (Å²) in [4.78, 5) is 32.9. The van der Waals surface area contributed by atoms with Crippen molar-refractivity contribution >= 4 is 60.1 Å². The van der Waals surface area contributed by atoms with Gasteiger partial charge in [0.05, 0.1) is 21.8 Å². The van der Waals surface area contributed by atoms with Crippen LogP contribution in [0.25, 0.3) is 16.0 Å². The third-order valence-electron chi connectivity index (χ3n) is 6.02. The predicted octanol–water partition coefficient (Wildman–Crippen LogP) is 6.61. The van der Waals surface area contributed by atoms with Crippen molar-refractivity contribution in [3.63, 3.8) is 0 Å². The minimum atomic E-state index is -0.797. The van der Waals surface area contributed by atoms with Crippen molar-refractivity contribution in [2.75, 3.05) is 4.90 Å². The quantitative estimate of drug-likeness (QED) is 0.183. The number of amides is 1. The van der Waals surface area contributed by atoms with Gasteiger partial charge in [-0.1, -0.05) is 63.2 Å². The number of aliphatic hydroxyl groups excluding tert-OH is 1. The highest BCUT2D eigenvalue weighted by molar-refractivity contribution is 9.10. The number of Topliss-reactive ketones (excluding diaryl/α,β-unsaturated/α-hetero) is 1. The van der Waals surface area contributed by atoms with Gasteiger partial charge in [0.15, 0.2) is 5.13 Å². The van der Waals surface area contributed by atoms with Gasteiger partial charge >= 0.3 is 5.91 Å². The molecule has 1 atom stereocenters. The van der Waals surface area contributed by atoms with Gasteiger partial charge in [0.1, 0.15) is 5.76 Å². The average Bonchev–Trinajstić information content (AvgIpc) is 3.33. The van der Waals surface area contributed by atoms with Crippen molar-refractivity contribution in [2.45, 2.75) is 26.8 Å². The van der Waals surface area contributed by atoms with Crippen LogP contribution in [0.15, 0.2) is 70.7 Å². The lowest BCUT2D eigenvalue weighted by atomic mass is 9.93. The van der Waals surface area contributed by atoms with E-state index in [1.54, 1.807) is 0 Å². The summed E-state index contributed by atoms with van der Waals surface area (Å²) >= 11 is 4.81. The smallest absolute Gasteiger partial charge is 0.301 e. The Balaban J connectivity index is 1.76. The number of carbonyl (C=O) groups is 2. The molecule has 4 aromatic rings. The third kappa shape index (κ3) is 3.75. The van der Waals surface area contributed by atoms with E-state index < -0.39 is 17.7 Å². The zero-order chi connectivity index (χ0) is 24.1. The van der Waals surface area contributed by atoms with Gasteiger partial charge < -0.3 is 5.11 Å². The maximum atomic E-state index is 13.4. The molecular weight excluding hydrogens is 512 g/mol. The molecule has 0 saturated carbocycles. The van der Waals surface area contributed by atoms with Crippen molar-refractivity contribution in [1.82, 2.24) is 4.98 Å². The first kappa shape index (κ1) is 22.5. The number of thiazole rings is 1. The number of aryl methyl sites for hydroxylation is 3. The first-order chi connectivity index (χ1) is 16.2. The van der Waals surface area contributed by atoms with Crippen LogP contribution in [0.5, 0.6) is 0 Å². The summed E-state index contributed by atoms with van der Waals surface area (Å²) in [5, 5.41) is 11.8. The number of carbonyl (C=O) groups excluding carboxylic acids is 2. The number of hydrogen-bond acceptors (Lipinski definition) is 5. The van der Waals surface area contributed by atoms with Crippen LogP contribution in [-0.4, -0.2) is 21.8 Å². The van der Waals surface area contributed by atoms with Crippen molar-refractivity contribution < 1.29 is 14.7 Å². The highest BCUT2D eigenvalue weighted by Crippen LogP contribution is 2.44. The van der Waals surface area contributed by atoms with E-state index in [2.05, 4.69) is 20.9 Å². The minimum absolute atomic E-state index is 0.0662. The molecule has 5 rings (SSSR count). The number of fused-ring (bicyclic) bond motifs is 1. The van der Waals surface area contributed by atoms with E-state index in [9.17, 15) is 14.7 Å². The third-order valence-corrected chi connectivity index (χ3v) is 7.56. The average molecular weight is 533 g/mol. The second-order valence-electron chi connectivity index (χ2n) is 8.51. The van der Waals surface area contributed by atoms with Crippen LogP contribution in [0.3, 0.4) is 0 Å². The van der Waals surface area contributed by atoms with E-state index in [0.717, 1.165) is 31.4 Å². The van der Waals surface area contributed by atoms with Crippen molar-refractivity contribution in [1.29, 1.82) is 0 Å². The summed E-state index contributed by atoms with van der Waals surface area (Å²) < 4.78 is 1.80. The van der Waals surface area contributed by atoms with E-state index in [0.29, 0.717) is 16.3 Å². The van der Waals surface area contributed by atoms with E-state index >= 15 is 0 Å². The number of ketones is 1. The maximum absolute atomic E-state index is 13.4. The summed E-state index contributed by atoms with van der Waals surface area (Å²) in [6.07, 6.45) is 0. The van der Waals surface area contributed by atoms with Gasteiger partial charge in [-0.15, -0.1) is 0 Å². The molecule has 0 spiro atoms. The van der Waals surface area contributed by atoms with Crippen LogP contribution in [0, 0.1) is 20.8 Å². The summed E-state index contributed by atoms with van der Waals surface area (Å²) in [7, 11) is 0. The van der Waals surface area contributed by atoms with Crippen LogP contribution in [0.2, 0.25) is 0 Å².